The second-order valence-electron chi connectivity index (χ2n) is 4.50. The monoisotopic (exact) mass is 280 g/mol. The van der Waals surface area contributed by atoms with Crippen molar-refractivity contribution in [2.75, 3.05) is 6.54 Å². The van der Waals surface area contributed by atoms with Gasteiger partial charge < -0.3 is 11.5 Å². The number of rotatable bonds is 7. The Labute approximate surface area is 119 Å². The van der Waals surface area contributed by atoms with Gasteiger partial charge in [0.15, 0.2) is 5.78 Å². The van der Waals surface area contributed by atoms with Crippen molar-refractivity contribution in [2.45, 2.75) is 32.6 Å². The second kappa shape index (κ2) is 7.97. The van der Waals surface area contributed by atoms with Crippen molar-refractivity contribution in [3.63, 3.8) is 0 Å². The van der Waals surface area contributed by atoms with E-state index in [2.05, 4.69) is 6.07 Å². The number of ketones is 1. The lowest BCUT2D eigenvalue weighted by molar-refractivity contribution is -0.114. The fourth-order valence-electron chi connectivity index (χ4n) is 1.80. The Bertz CT molecular complexity index is 469. The average Bonchev–Trinajstić information content (AvgIpc) is 2.39. The third-order valence-electron chi connectivity index (χ3n) is 2.92. The molecule has 0 aliphatic carbocycles. The van der Waals surface area contributed by atoms with E-state index in [-0.39, 0.29) is 5.78 Å². The van der Waals surface area contributed by atoms with Gasteiger partial charge in [0.05, 0.1) is 0 Å². The fourth-order valence-corrected chi connectivity index (χ4v) is 2.01. The first-order valence-corrected chi connectivity index (χ1v) is 6.90. The largest absolute Gasteiger partial charge is 0.402 e. The van der Waals surface area contributed by atoms with E-state index >= 15 is 0 Å². The molecule has 1 aromatic carbocycles. The van der Waals surface area contributed by atoms with Gasteiger partial charge in [-0.15, -0.1) is 0 Å². The molecule has 19 heavy (non-hydrogen) atoms. The molecule has 0 amide bonds. The lowest BCUT2D eigenvalue weighted by atomic mass is 10.0. The van der Waals surface area contributed by atoms with Gasteiger partial charge in [-0.05, 0) is 49.1 Å². The van der Waals surface area contributed by atoms with Crippen molar-refractivity contribution in [3.05, 3.63) is 46.1 Å². The third-order valence-corrected chi connectivity index (χ3v) is 3.29. The molecule has 4 heteroatoms. The standard InChI is InChI=1S/C15H21ClN2O/c1-2-14(19)10-13(18)5-4-12-9-11(7-8-17)3-6-15(12)16/h3,6,9-10H,2,4-5,7-8,17-18H2,1H3/b13-10-. The Balaban J connectivity index is 2.69. The van der Waals surface area contributed by atoms with Gasteiger partial charge in [0.25, 0.3) is 0 Å². The van der Waals surface area contributed by atoms with E-state index < -0.39 is 0 Å². The molecule has 0 saturated heterocycles. The summed E-state index contributed by atoms with van der Waals surface area (Å²) in [4.78, 5) is 11.2. The van der Waals surface area contributed by atoms with Gasteiger partial charge in [0.1, 0.15) is 0 Å². The van der Waals surface area contributed by atoms with Crippen molar-refractivity contribution < 1.29 is 4.79 Å². The number of nitrogens with two attached hydrogens (primary N) is 2. The van der Waals surface area contributed by atoms with Crippen LogP contribution in [0.3, 0.4) is 0 Å². The Kier molecular flexibility index (Phi) is 6.60. The summed E-state index contributed by atoms with van der Waals surface area (Å²) in [5, 5.41) is 0.732. The molecule has 0 bridgehead atoms. The summed E-state index contributed by atoms with van der Waals surface area (Å²) in [6.45, 7) is 2.44. The number of allylic oxidation sites excluding steroid dienone is 2. The highest BCUT2D eigenvalue weighted by Crippen LogP contribution is 2.20. The molecule has 104 valence electrons. The van der Waals surface area contributed by atoms with E-state index in [9.17, 15) is 4.79 Å². The summed E-state index contributed by atoms with van der Waals surface area (Å²) in [5.74, 6) is 0.0560. The van der Waals surface area contributed by atoms with Crippen molar-refractivity contribution in [3.8, 4) is 0 Å². The molecule has 0 spiro atoms. The van der Waals surface area contributed by atoms with Crippen molar-refractivity contribution >= 4 is 17.4 Å². The number of hydrogen-bond acceptors (Lipinski definition) is 3. The van der Waals surface area contributed by atoms with Gasteiger partial charge in [-0.2, -0.15) is 0 Å². The van der Waals surface area contributed by atoms with Crippen LogP contribution >= 0.6 is 11.6 Å². The minimum atomic E-state index is 0.0560. The maximum Gasteiger partial charge on any atom is 0.157 e. The molecule has 3 nitrogen and oxygen atoms in total. The predicted molar refractivity (Wildman–Crippen MR) is 80.1 cm³/mol. The van der Waals surface area contributed by atoms with Gasteiger partial charge in [-0.3, -0.25) is 4.79 Å². The molecule has 0 unspecified atom stereocenters. The maximum absolute atomic E-state index is 11.2. The van der Waals surface area contributed by atoms with Crippen molar-refractivity contribution in [1.82, 2.24) is 0 Å². The molecule has 1 aromatic rings. The average molecular weight is 281 g/mol. The molecule has 0 radical (unpaired) electrons. The highest BCUT2D eigenvalue weighted by molar-refractivity contribution is 6.31. The minimum absolute atomic E-state index is 0.0560. The van der Waals surface area contributed by atoms with E-state index in [0.29, 0.717) is 25.1 Å². The van der Waals surface area contributed by atoms with Gasteiger partial charge in [0, 0.05) is 17.1 Å². The molecule has 0 aliphatic heterocycles. The first-order valence-electron chi connectivity index (χ1n) is 6.53. The van der Waals surface area contributed by atoms with Crippen LogP contribution in [-0.4, -0.2) is 12.3 Å². The Morgan fingerprint density at radius 1 is 1.37 bits per heavy atom. The Hall–Kier alpha value is -1.32. The number of hydrogen-bond donors (Lipinski definition) is 2. The van der Waals surface area contributed by atoms with Crippen LogP contribution in [0.25, 0.3) is 0 Å². The summed E-state index contributed by atoms with van der Waals surface area (Å²) in [6.07, 6.45) is 4.20. The van der Waals surface area contributed by atoms with Crippen LogP contribution in [0.1, 0.15) is 30.9 Å². The van der Waals surface area contributed by atoms with Crippen LogP contribution in [-0.2, 0) is 17.6 Å². The highest BCUT2D eigenvalue weighted by Gasteiger charge is 2.04. The number of carbonyl (C=O) groups excluding carboxylic acids is 1. The predicted octanol–water partition coefficient (Wildman–Crippen LogP) is 2.60. The van der Waals surface area contributed by atoms with Crippen molar-refractivity contribution in [2.24, 2.45) is 11.5 Å². The molecule has 0 saturated carbocycles. The van der Waals surface area contributed by atoms with Crippen LogP contribution in [0, 0.1) is 0 Å². The lowest BCUT2D eigenvalue weighted by Gasteiger charge is -2.07. The fraction of sp³-hybridized carbons (Fsp3) is 0.400. The molecule has 0 aliphatic rings. The van der Waals surface area contributed by atoms with Gasteiger partial charge >= 0.3 is 0 Å². The summed E-state index contributed by atoms with van der Waals surface area (Å²) in [7, 11) is 0. The maximum atomic E-state index is 11.2. The number of carbonyl (C=O) groups is 1. The van der Waals surface area contributed by atoms with Crippen LogP contribution in [0.5, 0.6) is 0 Å². The normalized spacial score (nSPS) is 11.6. The first-order chi connectivity index (χ1) is 9.06. The first kappa shape index (κ1) is 15.7. The van der Waals surface area contributed by atoms with Crippen LogP contribution in [0.4, 0.5) is 0 Å². The number of benzene rings is 1. The topological polar surface area (TPSA) is 69.1 Å². The van der Waals surface area contributed by atoms with Crippen LogP contribution in [0.15, 0.2) is 30.0 Å². The van der Waals surface area contributed by atoms with E-state index in [0.717, 1.165) is 23.4 Å². The van der Waals surface area contributed by atoms with Crippen molar-refractivity contribution in [1.29, 1.82) is 0 Å². The quantitative estimate of drug-likeness (QED) is 0.754. The number of aryl methyl sites for hydroxylation is 1. The third kappa shape index (κ3) is 5.45. The zero-order valence-corrected chi connectivity index (χ0v) is 12.0. The summed E-state index contributed by atoms with van der Waals surface area (Å²) >= 11 is 6.15. The molecule has 1 rings (SSSR count). The lowest BCUT2D eigenvalue weighted by Crippen LogP contribution is -2.05. The second-order valence-corrected chi connectivity index (χ2v) is 4.91. The van der Waals surface area contributed by atoms with Gasteiger partial charge in [-0.25, -0.2) is 0 Å². The highest BCUT2D eigenvalue weighted by atomic mass is 35.5. The zero-order valence-electron chi connectivity index (χ0n) is 11.3. The molecule has 4 N–H and O–H groups in total. The minimum Gasteiger partial charge on any atom is -0.402 e. The SMILES string of the molecule is CCC(=O)/C=C(\N)CCc1cc(CCN)ccc1Cl. The molecule has 0 fully saturated rings. The van der Waals surface area contributed by atoms with E-state index in [1.807, 2.05) is 19.1 Å². The summed E-state index contributed by atoms with van der Waals surface area (Å²) < 4.78 is 0. The van der Waals surface area contributed by atoms with E-state index in [4.69, 9.17) is 23.1 Å². The molecular weight excluding hydrogens is 260 g/mol. The van der Waals surface area contributed by atoms with E-state index in [1.165, 1.54) is 11.6 Å². The molecule has 0 aromatic heterocycles. The summed E-state index contributed by atoms with van der Waals surface area (Å²) in [6, 6.07) is 5.93. The van der Waals surface area contributed by atoms with E-state index in [1.54, 1.807) is 0 Å². The molecule has 0 atom stereocenters. The van der Waals surface area contributed by atoms with Gasteiger partial charge in [0.2, 0.25) is 0 Å². The van der Waals surface area contributed by atoms with Gasteiger partial charge in [-0.1, -0.05) is 30.7 Å². The Morgan fingerprint density at radius 3 is 2.74 bits per heavy atom. The molecule has 0 heterocycles. The smallest absolute Gasteiger partial charge is 0.157 e. The number of halogens is 1. The molecular formula is C15H21ClN2O. The van der Waals surface area contributed by atoms with Crippen LogP contribution in [0.2, 0.25) is 5.02 Å². The zero-order chi connectivity index (χ0) is 14.3. The Morgan fingerprint density at radius 2 is 2.11 bits per heavy atom. The summed E-state index contributed by atoms with van der Waals surface area (Å²) in [5.41, 5.74) is 14.2. The van der Waals surface area contributed by atoms with Crippen LogP contribution < -0.4 is 11.5 Å².